The largest absolute Gasteiger partial charge is 0.490 e. The minimum absolute atomic E-state index is 0.319. The van der Waals surface area contributed by atoms with Gasteiger partial charge in [0.15, 0.2) is 6.04 Å². The molecule has 0 aliphatic heterocycles. The molecule has 6 heteroatoms. The van der Waals surface area contributed by atoms with Gasteiger partial charge in [-0.05, 0) is 17.7 Å². The first kappa shape index (κ1) is 18.5. The van der Waals surface area contributed by atoms with Gasteiger partial charge in [0.25, 0.3) is 5.91 Å². The van der Waals surface area contributed by atoms with E-state index in [9.17, 15) is 9.59 Å². The van der Waals surface area contributed by atoms with Crippen molar-refractivity contribution in [2.75, 3.05) is 27.4 Å². The molecule has 0 saturated carbocycles. The lowest BCUT2D eigenvalue weighted by Gasteiger charge is -2.18. The molecular formula is C19H21NO5. The number of esters is 1. The van der Waals surface area contributed by atoms with Gasteiger partial charge in [-0.15, -0.1) is 0 Å². The highest BCUT2D eigenvalue weighted by molar-refractivity contribution is 5.99. The maximum absolute atomic E-state index is 12.7. The summed E-state index contributed by atoms with van der Waals surface area (Å²) in [5.41, 5.74) is 0.976. The maximum atomic E-state index is 12.7. The zero-order valence-corrected chi connectivity index (χ0v) is 14.2. The number of benzene rings is 2. The molecule has 0 aromatic heterocycles. The minimum Gasteiger partial charge on any atom is -0.490 e. The van der Waals surface area contributed by atoms with Gasteiger partial charge in [-0.2, -0.15) is 0 Å². The summed E-state index contributed by atoms with van der Waals surface area (Å²) < 4.78 is 15.3. The molecule has 1 unspecified atom stereocenters. The topological polar surface area (TPSA) is 73.9 Å². The molecule has 0 radical (unpaired) electrons. The first-order chi connectivity index (χ1) is 12.2. The molecule has 2 aromatic carbocycles. The highest BCUT2D eigenvalue weighted by Gasteiger charge is 2.25. The van der Waals surface area contributed by atoms with Gasteiger partial charge in [-0.1, -0.05) is 42.5 Å². The van der Waals surface area contributed by atoms with E-state index in [0.29, 0.717) is 30.1 Å². The number of ether oxygens (including phenoxy) is 3. The summed E-state index contributed by atoms with van der Waals surface area (Å²) in [5, 5.41) is 2.71. The van der Waals surface area contributed by atoms with Crippen molar-refractivity contribution < 1.29 is 23.8 Å². The van der Waals surface area contributed by atoms with Crippen LogP contribution in [-0.2, 0) is 14.3 Å². The summed E-state index contributed by atoms with van der Waals surface area (Å²) in [4.78, 5) is 24.8. The summed E-state index contributed by atoms with van der Waals surface area (Å²) in [7, 11) is 2.86. The Morgan fingerprint density at radius 2 is 1.64 bits per heavy atom. The molecule has 0 bridgehead atoms. The molecule has 0 spiro atoms. The van der Waals surface area contributed by atoms with Gasteiger partial charge < -0.3 is 19.5 Å². The van der Waals surface area contributed by atoms with Gasteiger partial charge in [-0.3, -0.25) is 4.79 Å². The van der Waals surface area contributed by atoms with Gasteiger partial charge in [0.1, 0.15) is 12.4 Å². The number of rotatable bonds is 8. The molecule has 1 N–H and O–H groups in total. The standard InChI is InChI=1S/C19H21NO5/c1-23-12-13-25-16-11-7-6-10-15(16)18(21)20-17(19(22)24-2)14-8-4-3-5-9-14/h3-11,17H,12-13H2,1-2H3,(H,20,21). The van der Waals surface area contributed by atoms with Gasteiger partial charge in [0, 0.05) is 7.11 Å². The third-order valence-electron chi connectivity index (χ3n) is 3.52. The van der Waals surface area contributed by atoms with E-state index in [1.54, 1.807) is 55.6 Å². The second-order valence-electron chi connectivity index (χ2n) is 5.18. The van der Waals surface area contributed by atoms with Crippen LogP contribution in [0, 0.1) is 0 Å². The van der Waals surface area contributed by atoms with Crippen molar-refractivity contribution in [3.63, 3.8) is 0 Å². The molecule has 6 nitrogen and oxygen atoms in total. The number of nitrogens with one attached hydrogen (secondary N) is 1. The fourth-order valence-corrected chi connectivity index (χ4v) is 2.27. The summed E-state index contributed by atoms with van der Waals surface area (Å²) >= 11 is 0. The minimum atomic E-state index is -0.897. The lowest BCUT2D eigenvalue weighted by atomic mass is 10.1. The smallest absolute Gasteiger partial charge is 0.333 e. The fraction of sp³-hybridized carbons (Fsp3) is 0.263. The second kappa shape index (κ2) is 9.44. The molecule has 132 valence electrons. The van der Waals surface area contributed by atoms with Gasteiger partial charge in [0.05, 0.1) is 19.3 Å². The first-order valence-electron chi connectivity index (χ1n) is 7.81. The van der Waals surface area contributed by atoms with E-state index < -0.39 is 17.9 Å². The predicted octanol–water partition coefficient (Wildman–Crippen LogP) is 2.36. The third kappa shape index (κ3) is 5.06. The molecule has 2 aromatic rings. The Labute approximate surface area is 146 Å². The van der Waals surface area contributed by atoms with E-state index in [1.165, 1.54) is 7.11 Å². The zero-order chi connectivity index (χ0) is 18.1. The molecule has 0 aliphatic rings. The van der Waals surface area contributed by atoms with Crippen molar-refractivity contribution in [1.29, 1.82) is 0 Å². The van der Waals surface area contributed by atoms with Gasteiger partial charge in [0.2, 0.25) is 0 Å². The predicted molar refractivity (Wildman–Crippen MR) is 92.5 cm³/mol. The third-order valence-corrected chi connectivity index (χ3v) is 3.52. The van der Waals surface area contributed by atoms with E-state index in [2.05, 4.69) is 5.32 Å². The lowest BCUT2D eigenvalue weighted by molar-refractivity contribution is -0.143. The summed E-state index contributed by atoms with van der Waals surface area (Å²) in [5.74, 6) is -0.543. The normalized spacial score (nSPS) is 11.4. The average Bonchev–Trinajstić information content (AvgIpc) is 2.66. The molecule has 1 atom stereocenters. The Bertz CT molecular complexity index is 702. The van der Waals surface area contributed by atoms with E-state index >= 15 is 0 Å². The van der Waals surface area contributed by atoms with Crippen LogP contribution in [0.25, 0.3) is 0 Å². The first-order valence-corrected chi connectivity index (χ1v) is 7.81. The van der Waals surface area contributed by atoms with Crippen LogP contribution < -0.4 is 10.1 Å². The van der Waals surface area contributed by atoms with Crippen molar-refractivity contribution in [2.45, 2.75) is 6.04 Å². The van der Waals surface area contributed by atoms with Crippen LogP contribution in [0.4, 0.5) is 0 Å². The Balaban J connectivity index is 2.20. The van der Waals surface area contributed by atoms with E-state index in [1.807, 2.05) is 6.07 Å². The second-order valence-corrected chi connectivity index (χ2v) is 5.18. The molecule has 0 aliphatic carbocycles. The number of carbonyl (C=O) groups is 2. The van der Waals surface area contributed by atoms with E-state index in [0.717, 1.165) is 0 Å². The summed E-state index contributed by atoms with van der Waals surface area (Å²) in [6.45, 7) is 0.727. The number of para-hydroxylation sites is 1. The fourth-order valence-electron chi connectivity index (χ4n) is 2.27. The number of methoxy groups -OCH3 is 2. The van der Waals surface area contributed by atoms with Crippen molar-refractivity contribution in [3.05, 3.63) is 65.7 Å². The van der Waals surface area contributed by atoms with Crippen LogP contribution in [0.1, 0.15) is 22.0 Å². The van der Waals surface area contributed by atoms with Crippen LogP contribution >= 0.6 is 0 Å². The Kier molecular flexibility index (Phi) is 6.98. The number of amides is 1. The monoisotopic (exact) mass is 343 g/mol. The molecule has 25 heavy (non-hydrogen) atoms. The molecule has 0 saturated heterocycles. The van der Waals surface area contributed by atoms with Crippen LogP contribution in [0.2, 0.25) is 0 Å². The van der Waals surface area contributed by atoms with E-state index in [-0.39, 0.29) is 0 Å². The molecule has 0 fully saturated rings. The van der Waals surface area contributed by atoms with Crippen LogP contribution in [0.15, 0.2) is 54.6 Å². The quantitative estimate of drug-likeness (QED) is 0.588. The van der Waals surface area contributed by atoms with Crippen molar-refractivity contribution in [3.8, 4) is 5.75 Å². The molecule has 2 rings (SSSR count). The van der Waals surface area contributed by atoms with Crippen LogP contribution in [0.3, 0.4) is 0 Å². The number of carbonyl (C=O) groups excluding carboxylic acids is 2. The zero-order valence-electron chi connectivity index (χ0n) is 14.2. The average molecular weight is 343 g/mol. The van der Waals surface area contributed by atoms with Crippen LogP contribution in [-0.4, -0.2) is 39.3 Å². The molecular weight excluding hydrogens is 322 g/mol. The van der Waals surface area contributed by atoms with E-state index in [4.69, 9.17) is 14.2 Å². The highest BCUT2D eigenvalue weighted by Crippen LogP contribution is 2.20. The molecule has 1 amide bonds. The SMILES string of the molecule is COCCOc1ccccc1C(=O)NC(C(=O)OC)c1ccccc1. The Morgan fingerprint density at radius 1 is 0.960 bits per heavy atom. The van der Waals surface area contributed by atoms with Crippen molar-refractivity contribution in [2.24, 2.45) is 0 Å². The number of hydrogen-bond acceptors (Lipinski definition) is 5. The molecule has 0 heterocycles. The maximum Gasteiger partial charge on any atom is 0.333 e. The Hall–Kier alpha value is -2.86. The Morgan fingerprint density at radius 3 is 2.32 bits per heavy atom. The van der Waals surface area contributed by atoms with Crippen LogP contribution in [0.5, 0.6) is 5.75 Å². The van der Waals surface area contributed by atoms with Crippen molar-refractivity contribution >= 4 is 11.9 Å². The summed E-state index contributed by atoms with van der Waals surface area (Å²) in [6.07, 6.45) is 0. The lowest BCUT2D eigenvalue weighted by Crippen LogP contribution is -2.34. The van der Waals surface area contributed by atoms with Crippen molar-refractivity contribution in [1.82, 2.24) is 5.32 Å². The number of hydrogen-bond donors (Lipinski definition) is 1. The van der Waals surface area contributed by atoms with Gasteiger partial charge in [-0.25, -0.2) is 4.79 Å². The summed E-state index contributed by atoms with van der Waals surface area (Å²) in [6, 6.07) is 14.9. The highest BCUT2D eigenvalue weighted by atomic mass is 16.5. The van der Waals surface area contributed by atoms with Gasteiger partial charge >= 0.3 is 5.97 Å².